The van der Waals surface area contributed by atoms with Crippen molar-refractivity contribution in [2.45, 2.75) is 39.2 Å². The molecule has 2 aliphatic carbocycles. The first-order valence-corrected chi connectivity index (χ1v) is 4.81. The molecule has 0 aliphatic heterocycles. The van der Waals surface area contributed by atoms with Gasteiger partial charge in [0.1, 0.15) is 5.78 Å². The first-order valence-electron chi connectivity index (χ1n) is 4.81. The Hall–Kier alpha value is -0.370. The molecule has 2 aliphatic rings. The summed E-state index contributed by atoms with van der Waals surface area (Å²) in [5, 5.41) is 0. The lowest BCUT2D eigenvalue weighted by atomic mass is 9.87. The van der Waals surface area contributed by atoms with E-state index in [0.29, 0.717) is 18.1 Å². The fraction of sp³-hybridized carbons (Fsp3) is 0.900. The normalized spacial score (nSPS) is 45.7. The maximum atomic E-state index is 11.6. The average molecular weight is 168 g/mol. The molecule has 0 aromatic carbocycles. The summed E-state index contributed by atoms with van der Waals surface area (Å²) < 4.78 is 5.47. The van der Waals surface area contributed by atoms with E-state index in [2.05, 4.69) is 6.92 Å². The molecule has 2 rings (SSSR count). The van der Waals surface area contributed by atoms with E-state index in [1.165, 1.54) is 0 Å². The zero-order chi connectivity index (χ0) is 8.77. The number of hydrogen-bond acceptors (Lipinski definition) is 2. The molecule has 12 heavy (non-hydrogen) atoms. The summed E-state index contributed by atoms with van der Waals surface area (Å²) in [6, 6.07) is 0. The van der Waals surface area contributed by atoms with Crippen molar-refractivity contribution < 1.29 is 9.53 Å². The van der Waals surface area contributed by atoms with Crippen LogP contribution in [-0.2, 0) is 9.53 Å². The molecule has 0 amide bonds. The van der Waals surface area contributed by atoms with Crippen LogP contribution in [0, 0.1) is 11.3 Å². The molecule has 2 nitrogen and oxygen atoms in total. The minimum absolute atomic E-state index is 0.0631. The van der Waals surface area contributed by atoms with Gasteiger partial charge < -0.3 is 4.74 Å². The molecule has 0 heterocycles. The van der Waals surface area contributed by atoms with Crippen LogP contribution in [0.15, 0.2) is 0 Å². The van der Waals surface area contributed by atoms with Crippen molar-refractivity contribution in [3.05, 3.63) is 0 Å². The molecule has 2 heteroatoms. The number of ether oxygens (including phenoxy) is 1. The number of carbonyl (C=O) groups is 1. The fourth-order valence-electron chi connectivity index (χ4n) is 2.34. The molecular formula is C10H16O2. The topological polar surface area (TPSA) is 26.3 Å². The molecule has 0 radical (unpaired) electrons. The zero-order valence-corrected chi connectivity index (χ0v) is 7.80. The van der Waals surface area contributed by atoms with Gasteiger partial charge in [-0.3, -0.25) is 4.79 Å². The third-order valence-electron chi connectivity index (χ3n) is 3.41. The average Bonchev–Trinajstić information content (AvgIpc) is 2.63. The quantitative estimate of drug-likeness (QED) is 0.628. The van der Waals surface area contributed by atoms with Gasteiger partial charge in [-0.2, -0.15) is 0 Å². The number of Topliss-reactive ketones (excluding diaryl/α,β-unsaturated/α-hetero) is 1. The fourth-order valence-corrected chi connectivity index (χ4v) is 2.34. The highest BCUT2D eigenvalue weighted by atomic mass is 16.5. The van der Waals surface area contributed by atoms with Crippen LogP contribution in [0.5, 0.6) is 0 Å². The minimum atomic E-state index is 0.0631. The van der Waals surface area contributed by atoms with Crippen molar-refractivity contribution in [3.63, 3.8) is 0 Å². The van der Waals surface area contributed by atoms with E-state index in [0.717, 1.165) is 19.4 Å². The van der Waals surface area contributed by atoms with E-state index in [-0.39, 0.29) is 11.5 Å². The largest absolute Gasteiger partial charge is 0.378 e. The molecule has 0 N–H and O–H groups in total. The molecule has 0 bridgehead atoms. The zero-order valence-electron chi connectivity index (χ0n) is 7.80. The molecule has 0 saturated heterocycles. The lowest BCUT2D eigenvalue weighted by Crippen LogP contribution is -2.29. The summed E-state index contributed by atoms with van der Waals surface area (Å²) in [6.45, 7) is 4.83. The van der Waals surface area contributed by atoms with Gasteiger partial charge in [0.15, 0.2) is 0 Å². The van der Waals surface area contributed by atoms with Crippen LogP contribution >= 0.6 is 0 Å². The maximum absolute atomic E-state index is 11.6. The third kappa shape index (κ3) is 1.09. The highest BCUT2D eigenvalue weighted by Crippen LogP contribution is 2.59. The Morgan fingerprint density at radius 3 is 3.00 bits per heavy atom. The van der Waals surface area contributed by atoms with Crippen LogP contribution in [0.3, 0.4) is 0 Å². The van der Waals surface area contributed by atoms with E-state index < -0.39 is 0 Å². The smallest absolute Gasteiger partial charge is 0.141 e. The lowest BCUT2D eigenvalue weighted by Gasteiger charge is -2.24. The molecule has 3 atom stereocenters. The summed E-state index contributed by atoms with van der Waals surface area (Å²) in [4.78, 5) is 11.6. The molecule has 2 fully saturated rings. The predicted molar refractivity (Wildman–Crippen MR) is 45.9 cm³/mol. The van der Waals surface area contributed by atoms with Gasteiger partial charge in [-0.25, -0.2) is 0 Å². The summed E-state index contributed by atoms with van der Waals surface area (Å²) in [7, 11) is 0. The molecule has 0 aromatic rings. The Labute approximate surface area is 73.3 Å². The van der Waals surface area contributed by atoms with Crippen molar-refractivity contribution in [2.75, 3.05) is 6.61 Å². The number of rotatable bonds is 2. The van der Waals surface area contributed by atoms with Crippen molar-refractivity contribution in [3.8, 4) is 0 Å². The van der Waals surface area contributed by atoms with Crippen molar-refractivity contribution in [1.82, 2.24) is 0 Å². The SMILES string of the molecule is CCO[C@H]1CC(=O)[C@]2(C)C[C@@H]2C1. The van der Waals surface area contributed by atoms with Gasteiger partial charge in [0.25, 0.3) is 0 Å². The standard InChI is InChI=1S/C10H16O2/c1-3-12-8-4-7-6-10(7,2)9(11)5-8/h7-8H,3-6H2,1-2H3/t7-,8+,10+/m0/s1. The molecule has 0 aromatic heterocycles. The monoisotopic (exact) mass is 168 g/mol. The van der Waals surface area contributed by atoms with Gasteiger partial charge >= 0.3 is 0 Å². The number of ketones is 1. The van der Waals surface area contributed by atoms with Gasteiger partial charge in [0, 0.05) is 18.4 Å². The van der Waals surface area contributed by atoms with Crippen LogP contribution in [0.2, 0.25) is 0 Å². The molecule has 2 saturated carbocycles. The first kappa shape index (κ1) is 8.24. The van der Waals surface area contributed by atoms with Crippen molar-refractivity contribution >= 4 is 5.78 Å². The van der Waals surface area contributed by atoms with Crippen LogP contribution in [0.1, 0.15) is 33.1 Å². The third-order valence-corrected chi connectivity index (χ3v) is 3.41. The summed E-state index contributed by atoms with van der Waals surface area (Å²) in [5.74, 6) is 1.06. The van der Waals surface area contributed by atoms with Gasteiger partial charge in [-0.1, -0.05) is 6.92 Å². The van der Waals surface area contributed by atoms with Crippen molar-refractivity contribution in [2.24, 2.45) is 11.3 Å². The molecule has 0 spiro atoms. The lowest BCUT2D eigenvalue weighted by molar-refractivity contribution is -0.129. The number of carbonyl (C=O) groups excluding carboxylic acids is 1. The highest BCUT2D eigenvalue weighted by Gasteiger charge is 2.58. The van der Waals surface area contributed by atoms with E-state index in [9.17, 15) is 4.79 Å². The second-order valence-corrected chi connectivity index (χ2v) is 4.26. The van der Waals surface area contributed by atoms with Crippen LogP contribution in [0.4, 0.5) is 0 Å². The minimum Gasteiger partial charge on any atom is -0.378 e. The van der Waals surface area contributed by atoms with E-state index in [4.69, 9.17) is 4.74 Å². The maximum Gasteiger partial charge on any atom is 0.141 e. The Morgan fingerprint density at radius 2 is 2.42 bits per heavy atom. The predicted octanol–water partition coefficient (Wildman–Crippen LogP) is 1.78. The summed E-state index contributed by atoms with van der Waals surface area (Å²) >= 11 is 0. The highest BCUT2D eigenvalue weighted by molar-refractivity contribution is 5.89. The van der Waals surface area contributed by atoms with E-state index >= 15 is 0 Å². The Morgan fingerprint density at radius 1 is 1.67 bits per heavy atom. The van der Waals surface area contributed by atoms with E-state index in [1.54, 1.807) is 0 Å². The molecular weight excluding hydrogens is 152 g/mol. The Balaban J connectivity index is 1.97. The Kier molecular flexibility index (Phi) is 1.76. The van der Waals surface area contributed by atoms with Crippen LogP contribution in [-0.4, -0.2) is 18.5 Å². The van der Waals surface area contributed by atoms with Crippen LogP contribution < -0.4 is 0 Å². The van der Waals surface area contributed by atoms with Gasteiger partial charge in [-0.05, 0) is 25.7 Å². The second-order valence-electron chi connectivity index (χ2n) is 4.26. The van der Waals surface area contributed by atoms with Crippen molar-refractivity contribution in [1.29, 1.82) is 0 Å². The first-order chi connectivity index (χ1) is 5.66. The van der Waals surface area contributed by atoms with Gasteiger partial charge in [0.05, 0.1) is 6.10 Å². The second kappa shape index (κ2) is 2.56. The van der Waals surface area contributed by atoms with Gasteiger partial charge in [0.2, 0.25) is 0 Å². The molecule has 68 valence electrons. The van der Waals surface area contributed by atoms with E-state index in [1.807, 2.05) is 6.92 Å². The van der Waals surface area contributed by atoms with Crippen LogP contribution in [0.25, 0.3) is 0 Å². The number of hydrogen-bond donors (Lipinski definition) is 0. The Bertz CT molecular complexity index is 212. The van der Waals surface area contributed by atoms with Gasteiger partial charge in [-0.15, -0.1) is 0 Å². The number of fused-ring (bicyclic) bond motifs is 1. The summed E-state index contributed by atoms with van der Waals surface area (Å²) in [6.07, 6.45) is 3.09. The molecule has 0 unspecified atom stereocenters. The summed E-state index contributed by atoms with van der Waals surface area (Å²) in [5.41, 5.74) is 0.0631.